The molecule has 2 nitrogen and oxygen atoms in total. The highest BCUT2D eigenvalue weighted by Crippen LogP contribution is 2.26. The lowest BCUT2D eigenvalue weighted by molar-refractivity contribution is 0.460. The van der Waals surface area contributed by atoms with E-state index in [1.807, 2.05) is 12.1 Å². The van der Waals surface area contributed by atoms with Crippen LogP contribution in [0, 0.1) is 11.7 Å². The van der Waals surface area contributed by atoms with E-state index in [1.165, 1.54) is 12.1 Å². The van der Waals surface area contributed by atoms with Gasteiger partial charge in [-0.3, -0.25) is 0 Å². The minimum Gasteiger partial charge on any atom is -0.365 e. The van der Waals surface area contributed by atoms with Gasteiger partial charge in [0.25, 0.3) is 0 Å². The number of anilines is 1. The van der Waals surface area contributed by atoms with Crippen LogP contribution in [0.15, 0.2) is 24.3 Å². The maximum atomic E-state index is 13.0. The fourth-order valence-corrected chi connectivity index (χ4v) is 2.42. The van der Waals surface area contributed by atoms with Crippen LogP contribution in [0.4, 0.5) is 10.1 Å². The summed E-state index contributed by atoms with van der Waals surface area (Å²) >= 11 is 0. The Balaban J connectivity index is 2.29. The number of hydrogen-bond acceptors (Lipinski definition) is 2. The average molecular weight is 236 g/mol. The largest absolute Gasteiger partial charge is 0.365 e. The molecule has 0 bridgehead atoms. The highest BCUT2D eigenvalue weighted by Gasteiger charge is 2.30. The van der Waals surface area contributed by atoms with Crippen molar-refractivity contribution in [2.24, 2.45) is 5.92 Å². The lowest BCUT2D eigenvalue weighted by Crippen LogP contribution is -2.49. The molecule has 1 saturated heterocycles. The normalized spacial score (nSPS) is 24.5. The third-order valence-corrected chi connectivity index (χ3v) is 3.41. The Bertz CT molecular complexity index is 372. The summed E-state index contributed by atoms with van der Waals surface area (Å²) in [5.41, 5.74) is 1.16. The number of rotatable bonds is 1. The second kappa shape index (κ2) is 4.65. The van der Waals surface area contributed by atoms with Crippen LogP contribution in [0.25, 0.3) is 0 Å². The predicted molar refractivity (Wildman–Crippen MR) is 69.9 cm³/mol. The maximum absolute atomic E-state index is 13.0. The van der Waals surface area contributed by atoms with Gasteiger partial charge in [0, 0.05) is 24.3 Å². The Morgan fingerprint density at radius 1 is 1.29 bits per heavy atom. The van der Waals surface area contributed by atoms with E-state index in [4.69, 9.17) is 0 Å². The Kier molecular flexibility index (Phi) is 3.38. The van der Waals surface area contributed by atoms with Crippen LogP contribution < -0.4 is 10.2 Å². The SMILES string of the molecule is CC1CNCC(C)(C)N(c2ccc(F)cc2)C1. The van der Waals surface area contributed by atoms with Gasteiger partial charge in [-0.2, -0.15) is 0 Å². The van der Waals surface area contributed by atoms with Gasteiger partial charge in [-0.15, -0.1) is 0 Å². The van der Waals surface area contributed by atoms with Gasteiger partial charge >= 0.3 is 0 Å². The van der Waals surface area contributed by atoms with Crippen LogP contribution in [0.2, 0.25) is 0 Å². The molecule has 1 aliphatic rings. The molecule has 0 amide bonds. The highest BCUT2D eigenvalue weighted by molar-refractivity contribution is 5.49. The summed E-state index contributed by atoms with van der Waals surface area (Å²) in [6.45, 7) is 9.69. The van der Waals surface area contributed by atoms with Gasteiger partial charge in [-0.05, 0) is 50.6 Å². The molecular formula is C14H21FN2. The molecule has 3 heteroatoms. The predicted octanol–water partition coefficient (Wildman–Crippen LogP) is 2.65. The molecule has 1 aromatic carbocycles. The number of hydrogen-bond donors (Lipinski definition) is 1. The van der Waals surface area contributed by atoms with Crippen LogP contribution in [0.5, 0.6) is 0 Å². The van der Waals surface area contributed by atoms with E-state index in [9.17, 15) is 4.39 Å². The lowest BCUT2D eigenvalue weighted by atomic mass is 10.0. The van der Waals surface area contributed by atoms with Crippen molar-refractivity contribution in [3.05, 3.63) is 30.1 Å². The molecule has 1 aliphatic heterocycles. The molecule has 0 aliphatic carbocycles. The molecular weight excluding hydrogens is 215 g/mol. The summed E-state index contributed by atoms with van der Waals surface area (Å²) in [6.07, 6.45) is 0. The molecule has 0 saturated carbocycles. The van der Waals surface area contributed by atoms with Gasteiger partial charge in [0.2, 0.25) is 0 Å². The molecule has 17 heavy (non-hydrogen) atoms. The molecule has 1 atom stereocenters. The molecule has 1 N–H and O–H groups in total. The first kappa shape index (κ1) is 12.4. The molecule has 0 aromatic heterocycles. The van der Waals surface area contributed by atoms with Crippen molar-refractivity contribution in [1.82, 2.24) is 5.32 Å². The van der Waals surface area contributed by atoms with Crippen LogP contribution in [0.1, 0.15) is 20.8 Å². The molecule has 0 spiro atoms. The number of nitrogens with one attached hydrogen (secondary N) is 1. The Morgan fingerprint density at radius 2 is 1.94 bits per heavy atom. The summed E-state index contributed by atoms with van der Waals surface area (Å²) in [7, 11) is 0. The van der Waals surface area contributed by atoms with Gasteiger partial charge in [0.05, 0.1) is 0 Å². The monoisotopic (exact) mass is 236 g/mol. The van der Waals surface area contributed by atoms with E-state index >= 15 is 0 Å². The minimum absolute atomic E-state index is 0.0581. The Morgan fingerprint density at radius 3 is 2.59 bits per heavy atom. The topological polar surface area (TPSA) is 15.3 Å². The van der Waals surface area contributed by atoms with Crippen molar-refractivity contribution in [1.29, 1.82) is 0 Å². The molecule has 1 heterocycles. The lowest BCUT2D eigenvalue weighted by Gasteiger charge is -2.39. The summed E-state index contributed by atoms with van der Waals surface area (Å²) in [6, 6.07) is 6.81. The minimum atomic E-state index is -0.174. The van der Waals surface area contributed by atoms with E-state index in [-0.39, 0.29) is 11.4 Å². The summed E-state index contributed by atoms with van der Waals surface area (Å²) in [5, 5.41) is 3.48. The summed E-state index contributed by atoms with van der Waals surface area (Å²) in [4.78, 5) is 2.37. The van der Waals surface area contributed by atoms with Gasteiger partial charge in [0.1, 0.15) is 5.82 Å². The summed E-state index contributed by atoms with van der Waals surface area (Å²) < 4.78 is 13.0. The van der Waals surface area contributed by atoms with Gasteiger partial charge in [-0.25, -0.2) is 4.39 Å². The van der Waals surface area contributed by atoms with Crippen molar-refractivity contribution in [2.75, 3.05) is 24.5 Å². The van der Waals surface area contributed by atoms with E-state index in [1.54, 1.807) is 0 Å². The van der Waals surface area contributed by atoms with E-state index in [0.29, 0.717) is 5.92 Å². The van der Waals surface area contributed by atoms with Crippen molar-refractivity contribution < 1.29 is 4.39 Å². The third-order valence-electron chi connectivity index (χ3n) is 3.41. The molecule has 94 valence electrons. The Labute approximate surface area is 103 Å². The first-order valence-electron chi connectivity index (χ1n) is 6.23. The molecule has 1 unspecified atom stereocenters. The first-order chi connectivity index (χ1) is 7.99. The van der Waals surface area contributed by atoms with E-state index in [2.05, 4.69) is 31.0 Å². The zero-order valence-corrected chi connectivity index (χ0v) is 10.8. The quantitative estimate of drug-likeness (QED) is 0.806. The molecule has 2 rings (SSSR count). The van der Waals surface area contributed by atoms with Crippen LogP contribution in [0.3, 0.4) is 0 Å². The van der Waals surface area contributed by atoms with Crippen molar-refractivity contribution in [3.63, 3.8) is 0 Å². The number of halogens is 1. The fourth-order valence-electron chi connectivity index (χ4n) is 2.42. The second-order valence-electron chi connectivity index (χ2n) is 5.64. The Hall–Kier alpha value is -1.09. The van der Waals surface area contributed by atoms with Crippen LogP contribution in [-0.4, -0.2) is 25.2 Å². The molecule has 1 fully saturated rings. The van der Waals surface area contributed by atoms with E-state index < -0.39 is 0 Å². The maximum Gasteiger partial charge on any atom is 0.123 e. The third kappa shape index (κ3) is 2.78. The summed E-state index contributed by atoms with van der Waals surface area (Å²) in [5.74, 6) is 0.425. The molecule has 1 aromatic rings. The first-order valence-corrected chi connectivity index (χ1v) is 6.23. The second-order valence-corrected chi connectivity index (χ2v) is 5.64. The standard InChI is InChI=1S/C14H21FN2/c1-11-8-16-10-14(2,3)17(9-11)13-6-4-12(15)5-7-13/h4-7,11,16H,8-10H2,1-3H3. The molecule has 0 radical (unpaired) electrons. The smallest absolute Gasteiger partial charge is 0.123 e. The van der Waals surface area contributed by atoms with E-state index in [0.717, 1.165) is 25.3 Å². The zero-order chi connectivity index (χ0) is 12.5. The highest BCUT2D eigenvalue weighted by atomic mass is 19.1. The van der Waals surface area contributed by atoms with Crippen LogP contribution in [-0.2, 0) is 0 Å². The van der Waals surface area contributed by atoms with Gasteiger partial charge in [-0.1, -0.05) is 6.92 Å². The number of nitrogens with zero attached hydrogens (tertiary/aromatic N) is 1. The zero-order valence-electron chi connectivity index (χ0n) is 10.8. The van der Waals surface area contributed by atoms with Gasteiger partial charge in [0.15, 0.2) is 0 Å². The fraction of sp³-hybridized carbons (Fsp3) is 0.571. The average Bonchev–Trinajstić information content (AvgIpc) is 2.39. The van der Waals surface area contributed by atoms with Gasteiger partial charge < -0.3 is 10.2 Å². The van der Waals surface area contributed by atoms with Crippen molar-refractivity contribution in [2.45, 2.75) is 26.3 Å². The van der Waals surface area contributed by atoms with Crippen molar-refractivity contribution >= 4 is 5.69 Å². The van der Waals surface area contributed by atoms with Crippen LogP contribution >= 0.6 is 0 Å². The van der Waals surface area contributed by atoms with Crippen molar-refractivity contribution in [3.8, 4) is 0 Å². The number of benzene rings is 1.